The second-order valence-corrected chi connectivity index (χ2v) is 7.73. The summed E-state index contributed by atoms with van der Waals surface area (Å²) < 4.78 is 79.3. The van der Waals surface area contributed by atoms with Gasteiger partial charge in [-0.1, -0.05) is 24.3 Å². The number of fused-ring (bicyclic) bond motifs is 1. The molecule has 0 aliphatic rings. The molecule has 1 aromatic heterocycles. The average molecular weight is 465 g/mol. The van der Waals surface area contributed by atoms with Crippen molar-refractivity contribution in [2.24, 2.45) is 4.99 Å². The van der Waals surface area contributed by atoms with Gasteiger partial charge in [0.15, 0.2) is 10.5 Å². The molecular formula is C22H13F6N3S. The first-order valence-corrected chi connectivity index (χ1v) is 9.97. The summed E-state index contributed by atoms with van der Waals surface area (Å²) in [6.45, 7) is 0. The highest BCUT2D eigenvalue weighted by Crippen LogP contribution is 2.32. The van der Waals surface area contributed by atoms with Crippen LogP contribution in [0.3, 0.4) is 0 Å². The summed E-state index contributed by atoms with van der Waals surface area (Å²) in [4.78, 5) is 8.74. The van der Waals surface area contributed by atoms with Gasteiger partial charge in [-0.05, 0) is 48.5 Å². The molecule has 1 N–H and O–H groups in total. The zero-order valence-corrected chi connectivity index (χ0v) is 16.8. The summed E-state index contributed by atoms with van der Waals surface area (Å²) in [6, 6.07) is 16.0. The first kappa shape index (κ1) is 21.8. The van der Waals surface area contributed by atoms with E-state index in [0.29, 0.717) is 10.2 Å². The Morgan fingerprint density at radius 1 is 0.750 bits per heavy atom. The standard InChI is InChI=1S/C22H13F6N3S/c23-21(24,25)13-5-3-7-15(11-13)29-19-20(32-18-10-2-1-9-17(18)31-19)30-16-8-4-6-14(12-16)22(26,27)28/h1-12H,(H,29,31). The van der Waals surface area contributed by atoms with Gasteiger partial charge < -0.3 is 5.32 Å². The molecule has 0 amide bonds. The van der Waals surface area contributed by atoms with E-state index in [-0.39, 0.29) is 21.9 Å². The first-order valence-electron chi connectivity index (χ1n) is 9.16. The van der Waals surface area contributed by atoms with Gasteiger partial charge in [0.2, 0.25) is 0 Å². The number of halogens is 6. The smallest absolute Gasteiger partial charge is 0.338 e. The van der Waals surface area contributed by atoms with Gasteiger partial charge >= 0.3 is 12.4 Å². The summed E-state index contributed by atoms with van der Waals surface area (Å²) in [5.41, 5.74) is -0.973. The molecule has 0 unspecified atom stereocenters. The van der Waals surface area contributed by atoms with Gasteiger partial charge in [-0.3, -0.25) is 0 Å². The lowest BCUT2D eigenvalue weighted by Gasteiger charge is -2.11. The van der Waals surface area contributed by atoms with Crippen LogP contribution in [0.1, 0.15) is 11.1 Å². The summed E-state index contributed by atoms with van der Waals surface area (Å²) >= 11 is 1.16. The van der Waals surface area contributed by atoms with Crippen molar-refractivity contribution in [3.63, 3.8) is 0 Å². The molecule has 0 saturated heterocycles. The molecule has 164 valence electrons. The number of para-hydroxylation sites is 1. The number of rotatable bonds is 3. The molecule has 0 aliphatic heterocycles. The Bertz CT molecular complexity index is 1340. The van der Waals surface area contributed by atoms with Crippen LogP contribution in [0.4, 0.5) is 43.5 Å². The molecule has 3 nitrogen and oxygen atoms in total. The Kier molecular flexibility index (Phi) is 5.64. The lowest BCUT2D eigenvalue weighted by atomic mass is 10.2. The van der Waals surface area contributed by atoms with E-state index in [9.17, 15) is 26.3 Å². The zero-order chi connectivity index (χ0) is 22.9. The second kappa shape index (κ2) is 8.27. The third-order valence-corrected chi connectivity index (χ3v) is 5.41. The molecule has 4 aromatic rings. The van der Waals surface area contributed by atoms with Crippen LogP contribution < -0.4 is 9.99 Å². The number of anilines is 2. The second-order valence-electron chi connectivity index (χ2n) is 6.70. The largest absolute Gasteiger partial charge is 0.416 e. The van der Waals surface area contributed by atoms with E-state index in [4.69, 9.17) is 0 Å². The molecule has 0 saturated carbocycles. The van der Waals surface area contributed by atoms with E-state index in [2.05, 4.69) is 15.3 Å². The number of alkyl halides is 6. The van der Waals surface area contributed by atoms with Gasteiger partial charge in [0.05, 0.1) is 27.0 Å². The van der Waals surface area contributed by atoms with Crippen molar-refractivity contribution < 1.29 is 26.3 Å². The monoisotopic (exact) mass is 465 g/mol. The number of nitrogens with zero attached hydrogens (tertiary/aromatic N) is 2. The first-order chi connectivity index (χ1) is 15.1. The van der Waals surface area contributed by atoms with Crippen molar-refractivity contribution >= 4 is 38.7 Å². The average Bonchev–Trinajstić information content (AvgIpc) is 2.73. The maximum atomic E-state index is 13.1. The van der Waals surface area contributed by atoms with Crippen LogP contribution in [0.5, 0.6) is 0 Å². The predicted octanol–water partition coefficient (Wildman–Crippen LogP) is 7.31. The summed E-state index contributed by atoms with van der Waals surface area (Å²) in [5, 5.41) is 2.83. The highest BCUT2D eigenvalue weighted by molar-refractivity contribution is 7.16. The Morgan fingerprint density at radius 2 is 1.41 bits per heavy atom. The Labute approximate surface area is 181 Å². The highest BCUT2D eigenvalue weighted by Gasteiger charge is 2.31. The number of aromatic nitrogens is 1. The molecule has 32 heavy (non-hydrogen) atoms. The predicted molar refractivity (Wildman–Crippen MR) is 111 cm³/mol. The minimum Gasteiger partial charge on any atom is -0.338 e. The van der Waals surface area contributed by atoms with Crippen LogP contribution in [-0.4, -0.2) is 4.98 Å². The lowest BCUT2D eigenvalue weighted by molar-refractivity contribution is -0.138. The van der Waals surface area contributed by atoms with Gasteiger partial charge in [-0.2, -0.15) is 26.3 Å². The topological polar surface area (TPSA) is 37.3 Å². The minimum atomic E-state index is -4.53. The van der Waals surface area contributed by atoms with Gasteiger partial charge in [0.25, 0.3) is 0 Å². The molecule has 0 radical (unpaired) electrons. The van der Waals surface area contributed by atoms with Gasteiger partial charge in [0.1, 0.15) is 0 Å². The highest BCUT2D eigenvalue weighted by atomic mass is 32.1. The van der Waals surface area contributed by atoms with Crippen molar-refractivity contribution in [3.05, 3.63) is 88.6 Å². The quantitative estimate of drug-likeness (QED) is 0.322. The molecule has 1 heterocycles. The van der Waals surface area contributed by atoms with Crippen molar-refractivity contribution in [3.8, 4) is 0 Å². The van der Waals surface area contributed by atoms with Crippen LogP contribution in [0.25, 0.3) is 10.2 Å². The Balaban J connectivity index is 1.84. The van der Waals surface area contributed by atoms with Crippen LogP contribution in [-0.2, 0) is 12.4 Å². The molecule has 0 fully saturated rings. The summed E-state index contributed by atoms with van der Waals surface area (Å²) in [7, 11) is 0. The third-order valence-electron chi connectivity index (χ3n) is 4.36. The van der Waals surface area contributed by atoms with Crippen molar-refractivity contribution in [1.29, 1.82) is 0 Å². The Hall–Kier alpha value is -3.40. The number of hydrogen-bond acceptors (Lipinski definition) is 4. The van der Waals surface area contributed by atoms with Crippen LogP contribution in [0.15, 0.2) is 77.8 Å². The van der Waals surface area contributed by atoms with Crippen LogP contribution in [0.2, 0.25) is 0 Å². The van der Waals surface area contributed by atoms with Gasteiger partial charge in [0, 0.05) is 5.69 Å². The molecule has 0 atom stereocenters. The number of nitrogens with one attached hydrogen (secondary N) is 1. The number of hydrogen-bond donors (Lipinski definition) is 1. The fourth-order valence-electron chi connectivity index (χ4n) is 2.89. The molecule has 0 bridgehead atoms. The molecule has 4 rings (SSSR count). The van der Waals surface area contributed by atoms with E-state index in [1.165, 1.54) is 24.3 Å². The fraction of sp³-hybridized carbons (Fsp3) is 0.0909. The van der Waals surface area contributed by atoms with Crippen LogP contribution >= 0.6 is 11.3 Å². The molecular weight excluding hydrogens is 452 g/mol. The third kappa shape index (κ3) is 4.91. The molecule has 10 heteroatoms. The minimum absolute atomic E-state index is 0.0419. The summed E-state index contributed by atoms with van der Waals surface area (Å²) in [5.74, 6) is 0.130. The summed E-state index contributed by atoms with van der Waals surface area (Å²) in [6.07, 6.45) is -9.06. The molecule has 0 aliphatic carbocycles. The van der Waals surface area contributed by atoms with Gasteiger partial charge in [-0.25, -0.2) is 9.98 Å². The number of benzene rings is 3. The van der Waals surface area contributed by atoms with Crippen molar-refractivity contribution in [2.75, 3.05) is 5.32 Å². The zero-order valence-electron chi connectivity index (χ0n) is 16.0. The van der Waals surface area contributed by atoms with E-state index in [1.807, 2.05) is 0 Å². The fourth-order valence-corrected chi connectivity index (χ4v) is 3.81. The normalized spacial score (nSPS) is 12.9. The SMILES string of the molecule is FC(F)(F)c1cccc(N=c2sc3ccccc3nc2Nc2cccc(C(F)(F)F)c2)c1. The molecule has 0 spiro atoms. The van der Waals surface area contributed by atoms with Gasteiger partial charge in [-0.15, -0.1) is 11.3 Å². The van der Waals surface area contributed by atoms with Crippen molar-refractivity contribution in [1.82, 2.24) is 4.98 Å². The van der Waals surface area contributed by atoms with E-state index >= 15 is 0 Å². The maximum Gasteiger partial charge on any atom is 0.416 e. The maximum absolute atomic E-state index is 13.1. The van der Waals surface area contributed by atoms with Crippen molar-refractivity contribution in [2.45, 2.75) is 12.4 Å². The Morgan fingerprint density at radius 3 is 2.12 bits per heavy atom. The molecule has 3 aromatic carbocycles. The van der Waals surface area contributed by atoms with E-state index < -0.39 is 23.5 Å². The van der Waals surface area contributed by atoms with E-state index in [0.717, 1.165) is 35.6 Å². The van der Waals surface area contributed by atoms with Crippen LogP contribution in [0, 0.1) is 0 Å². The lowest BCUT2D eigenvalue weighted by Crippen LogP contribution is -2.10. The van der Waals surface area contributed by atoms with E-state index in [1.54, 1.807) is 24.3 Å².